The molecule has 0 fully saturated rings. The summed E-state index contributed by atoms with van der Waals surface area (Å²) < 4.78 is 21.4. The van der Waals surface area contributed by atoms with E-state index in [2.05, 4.69) is 10.5 Å². The molecule has 3 rings (SSSR count). The molecule has 3 aromatic rings. The molecule has 0 radical (unpaired) electrons. The number of hydrogen-bond acceptors (Lipinski definition) is 6. The minimum Gasteiger partial charge on any atom is -0.493 e. The molecule has 8 heteroatoms. The fourth-order valence-corrected chi connectivity index (χ4v) is 3.41. The van der Waals surface area contributed by atoms with Crippen LogP contribution in [0.25, 0.3) is 11.3 Å². The Labute approximate surface area is 179 Å². The van der Waals surface area contributed by atoms with Crippen LogP contribution in [0.2, 0.25) is 5.02 Å². The fraction of sp³-hybridized carbons (Fsp3) is 0.273. The summed E-state index contributed by atoms with van der Waals surface area (Å²) in [4.78, 5) is 13.1. The van der Waals surface area contributed by atoms with E-state index in [9.17, 15) is 4.79 Å². The maximum atomic E-state index is 13.1. The van der Waals surface area contributed by atoms with Gasteiger partial charge in [-0.2, -0.15) is 0 Å². The molecule has 1 unspecified atom stereocenters. The molecule has 1 atom stereocenters. The van der Waals surface area contributed by atoms with Gasteiger partial charge in [-0.1, -0.05) is 35.0 Å². The molecule has 7 nitrogen and oxygen atoms in total. The van der Waals surface area contributed by atoms with E-state index < -0.39 is 0 Å². The van der Waals surface area contributed by atoms with Crippen LogP contribution in [0.5, 0.6) is 17.2 Å². The number of carbonyl (C=O) groups excluding carboxylic acids is 1. The number of rotatable bonds is 7. The van der Waals surface area contributed by atoms with Crippen molar-refractivity contribution in [2.75, 3.05) is 21.3 Å². The van der Waals surface area contributed by atoms with Crippen LogP contribution in [0.3, 0.4) is 0 Å². The first-order chi connectivity index (χ1) is 14.4. The molecule has 158 valence electrons. The number of nitrogens with zero attached hydrogens (tertiary/aromatic N) is 1. The normalized spacial score (nSPS) is 11.7. The van der Waals surface area contributed by atoms with Crippen molar-refractivity contribution >= 4 is 17.5 Å². The quantitative estimate of drug-likeness (QED) is 0.578. The van der Waals surface area contributed by atoms with Gasteiger partial charge in [-0.3, -0.25) is 4.79 Å². The molecule has 1 aromatic heterocycles. The van der Waals surface area contributed by atoms with Crippen LogP contribution in [0.4, 0.5) is 0 Å². The van der Waals surface area contributed by atoms with Crippen LogP contribution < -0.4 is 19.5 Å². The highest BCUT2D eigenvalue weighted by atomic mass is 35.5. The van der Waals surface area contributed by atoms with Crippen molar-refractivity contribution in [1.82, 2.24) is 10.5 Å². The second-order valence-corrected chi connectivity index (χ2v) is 7.00. The van der Waals surface area contributed by atoms with Crippen molar-refractivity contribution in [1.29, 1.82) is 0 Å². The number of nitrogens with one attached hydrogen (secondary N) is 1. The predicted octanol–water partition coefficient (Wildman–Crippen LogP) is 4.82. The highest BCUT2D eigenvalue weighted by Crippen LogP contribution is 2.40. The summed E-state index contributed by atoms with van der Waals surface area (Å²) in [7, 11) is 4.62. The second kappa shape index (κ2) is 9.09. The molecule has 0 aliphatic rings. The van der Waals surface area contributed by atoms with Crippen molar-refractivity contribution in [2.45, 2.75) is 19.9 Å². The van der Waals surface area contributed by atoms with Crippen molar-refractivity contribution in [3.63, 3.8) is 0 Å². The summed E-state index contributed by atoms with van der Waals surface area (Å²) in [5, 5.41) is 7.51. The summed E-state index contributed by atoms with van der Waals surface area (Å²) in [6, 6.07) is 10.4. The lowest BCUT2D eigenvalue weighted by atomic mass is 10.0. The average molecular weight is 431 g/mol. The fourth-order valence-electron chi connectivity index (χ4n) is 3.18. The third-order valence-electron chi connectivity index (χ3n) is 4.75. The van der Waals surface area contributed by atoms with Gasteiger partial charge >= 0.3 is 0 Å². The Morgan fingerprint density at radius 2 is 1.73 bits per heavy atom. The van der Waals surface area contributed by atoms with Gasteiger partial charge in [0.2, 0.25) is 5.75 Å². The summed E-state index contributed by atoms with van der Waals surface area (Å²) >= 11 is 6.29. The Kier molecular flexibility index (Phi) is 6.52. The summed E-state index contributed by atoms with van der Waals surface area (Å²) in [6.45, 7) is 3.54. The van der Waals surface area contributed by atoms with Gasteiger partial charge in [0.05, 0.1) is 32.4 Å². The monoisotopic (exact) mass is 430 g/mol. The van der Waals surface area contributed by atoms with E-state index in [0.29, 0.717) is 44.9 Å². The van der Waals surface area contributed by atoms with Gasteiger partial charge in [0.25, 0.3) is 5.91 Å². The van der Waals surface area contributed by atoms with E-state index in [-0.39, 0.29) is 11.9 Å². The Bertz CT molecular complexity index is 1040. The molecule has 2 aromatic carbocycles. The van der Waals surface area contributed by atoms with E-state index in [1.165, 1.54) is 7.11 Å². The van der Waals surface area contributed by atoms with Gasteiger partial charge in [-0.25, -0.2) is 0 Å². The van der Waals surface area contributed by atoms with Gasteiger partial charge in [0.1, 0.15) is 17.0 Å². The number of ether oxygens (including phenoxy) is 3. The number of aryl methyl sites for hydroxylation is 1. The van der Waals surface area contributed by atoms with Crippen LogP contribution in [-0.4, -0.2) is 32.4 Å². The van der Waals surface area contributed by atoms with E-state index in [4.69, 9.17) is 30.3 Å². The van der Waals surface area contributed by atoms with Gasteiger partial charge in [0.15, 0.2) is 11.5 Å². The lowest BCUT2D eigenvalue weighted by molar-refractivity contribution is 0.0938. The van der Waals surface area contributed by atoms with Gasteiger partial charge in [0, 0.05) is 5.56 Å². The smallest absolute Gasteiger partial charge is 0.257 e. The van der Waals surface area contributed by atoms with Crippen molar-refractivity contribution < 1.29 is 23.5 Å². The maximum Gasteiger partial charge on any atom is 0.257 e. The zero-order valence-electron chi connectivity index (χ0n) is 17.4. The zero-order chi connectivity index (χ0) is 21.8. The molecule has 1 heterocycles. The van der Waals surface area contributed by atoms with E-state index in [0.717, 1.165) is 5.56 Å². The van der Waals surface area contributed by atoms with E-state index in [1.807, 2.05) is 19.1 Å². The van der Waals surface area contributed by atoms with Crippen LogP contribution in [0.15, 0.2) is 40.9 Å². The SMILES string of the molecule is COc1cc(C(C)NC(=O)c2c(-c3ccccc3Cl)noc2C)cc(OC)c1OC. The molecule has 1 N–H and O–H groups in total. The third-order valence-corrected chi connectivity index (χ3v) is 5.08. The molecule has 0 spiro atoms. The van der Waals surface area contributed by atoms with Gasteiger partial charge in [-0.15, -0.1) is 0 Å². The Hall–Kier alpha value is -3.19. The minimum atomic E-state index is -0.361. The number of carbonyl (C=O) groups is 1. The number of methoxy groups -OCH3 is 3. The molecular formula is C22H23ClN2O5. The van der Waals surface area contributed by atoms with Gasteiger partial charge < -0.3 is 24.1 Å². The number of amides is 1. The zero-order valence-corrected chi connectivity index (χ0v) is 18.2. The van der Waals surface area contributed by atoms with Crippen molar-refractivity contribution in [3.8, 4) is 28.5 Å². The average Bonchev–Trinajstić information content (AvgIpc) is 3.13. The van der Waals surface area contributed by atoms with Crippen LogP contribution >= 0.6 is 11.6 Å². The molecule has 30 heavy (non-hydrogen) atoms. The standard InChI is InChI=1S/C22H23ClN2O5/c1-12(14-10-17(27-3)21(29-5)18(11-14)28-4)24-22(26)19-13(2)30-25-20(19)15-8-6-7-9-16(15)23/h6-12H,1-5H3,(H,24,26). The summed E-state index contributed by atoms with van der Waals surface area (Å²) in [6.07, 6.45) is 0. The highest BCUT2D eigenvalue weighted by Gasteiger charge is 2.25. The number of halogens is 1. The lowest BCUT2D eigenvalue weighted by Crippen LogP contribution is -2.27. The predicted molar refractivity (Wildman–Crippen MR) is 114 cm³/mol. The molecule has 0 aliphatic carbocycles. The van der Waals surface area contributed by atoms with Crippen LogP contribution in [-0.2, 0) is 0 Å². The highest BCUT2D eigenvalue weighted by molar-refractivity contribution is 6.33. The maximum absolute atomic E-state index is 13.1. The first kappa shape index (κ1) is 21.5. The molecular weight excluding hydrogens is 408 g/mol. The molecule has 0 bridgehead atoms. The Morgan fingerprint density at radius 3 is 2.30 bits per heavy atom. The topological polar surface area (TPSA) is 82.8 Å². The number of hydrogen-bond donors (Lipinski definition) is 1. The molecule has 0 saturated heterocycles. The van der Waals surface area contributed by atoms with E-state index in [1.54, 1.807) is 45.4 Å². The Balaban J connectivity index is 1.93. The summed E-state index contributed by atoms with van der Waals surface area (Å²) in [5.74, 6) is 1.57. The lowest BCUT2D eigenvalue weighted by Gasteiger charge is -2.19. The minimum absolute atomic E-state index is 0.329. The molecule has 1 amide bonds. The third kappa shape index (κ3) is 4.07. The second-order valence-electron chi connectivity index (χ2n) is 6.60. The largest absolute Gasteiger partial charge is 0.493 e. The molecule has 0 aliphatic heterocycles. The van der Waals surface area contributed by atoms with Crippen LogP contribution in [0, 0.1) is 6.92 Å². The summed E-state index contributed by atoms with van der Waals surface area (Å²) in [5.41, 5.74) is 2.14. The molecule has 0 saturated carbocycles. The van der Waals surface area contributed by atoms with E-state index >= 15 is 0 Å². The number of aromatic nitrogens is 1. The van der Waals surface area contributed by atoms with Crippen molar-refractivity contribution in [3.05, 3.63) is 58.3 Å². The van der Waals surface area contributed by atoms with Gasteiger partial charge in [-0.05, 0) is 37.6 Å². The Morgan fingerprint density at radius 1 is 1.10 bits per heavy atom. The van der Waals surface area contributed by atoms with Crippen LogP contribution in [0.1, 0.15) is 34.6 Å². The number of benzene rings is 2. The first-order valence-corrected chi connectivity index (χ1v) is 9.61. The first-order valence-electron chi connectivity index (χ1n) is 9.23. The van der Waals surface area contributed by atoms with Crippen molar-refractivity contribution in [2.24, 2.45) is 0 Å².